The van der Waals surface area contributed by atoms with Gasteiger partial charge in [0, 0.05) is 0 Å². The zero-order valence-electron chi connectivity index (χ0n) is 11.6. The van der Waals surface area contributed by atoms with Gasteiger partial charge in [-0.05, 0) is 36.8 Å². The van der Waals surface area contributed by atoms with E-state index in [2.05, 4.69) is 30.2 Å². The highest BCUT2D eigenvalue weighted by Gasteiger charge is 2.23. The van der Waals surface area contributed by atoms with Gasteiger partial charge in [0.2, 0.25) is 0 Å². The highest BCUT2D eigenvalue weighted by atomic mass is 16.3. The molecule has 0 saturated heterocycles. The highest BCUT2D eigenvalue weighted by Crippen LogP contribution is 2.20. The predicted octanol–water partition coefficient (Wildman–Crippen LogP) is 3.62. The number of hydrogen-bond acceptors (Lipinski definition) is 1. The van der Waals surface area contributed by atoms with Crippen molar-refractivity contribution < 1.29 is 5.11 Å². The standard InChI is InChI=1S/C19H20O/c1-2-19(20,15-13-17-9-5-3-6-10-17)16-14-18-11-7-4-8-12-18/h1,3-12,20H,13-16H2. The predicted molar refractivity (Wildman–Crippen MR) is 83.3 cm³/mol. The van der Waals surface area contributed by atoms with Crippen LogP contribution < -0.4 is 0 Å². The van der Waals surface area contributed by atoms with E-state index in [4.69, 9.17) is 6.42 Å². The number of terminal acetylenes is 1. The van der Waals surface area contributed by atoms with Crippen LogP contribution in [0.15, 0.2) is 60.7 Å². The fourth-order valence-corrected chi connectivity index (χ4v) is 2.26. The number of aryl methyl sites for hydroxylation is 2. The molecule has 2 aromatic rings. The van der Waals surface area contributed by atoms with Crippen molar-refractivity contribution in [3.05, 3.63) is 71.8 Å². The second kappa shape index (κ2) is 6.93. The summed E-state index contributed by atoms with van der Waals surface area (Å²) in [4.78, 5) is 0. The van der Waals surface area contributed by atoms with Gasteiger partial charge in [-0.2, -0.15) is 0 Å². The maximum Gasteiger partial charge on any atom is 0.125 e. The monoisotopic (exact) mass is 264 g/mol. The summed E-state index contributed by atoms with van der Waals surface area (Å²) in [7, 11) is 0. The van der Waals surface area contributed by atoms with Gasteiger partial charge >= 0.3 is 0 Å². The topological polar surface area (TPSA) is 20.2 Å². The molecular formula is C19H20O. The molecule has 1 N–H and O–H groups in total. The molecule has 0 bridgehead atoms. The Morgan fingerprint density at radius 3 is 1.55 bits per heavy atom. The molecule has 0 aliphatic carbocycles. The van der Waals surface area contributed by atoms with Crippen molar-refractivity contribution >= 4 is 0 Å². The lowest BCUT2D eigenvalue weighted by atomic mass is 9.89. The summed E-state index contributed by atoms with van der Waals surface area (Å²) in [5, 5.41) is 10.5. The number of rotatable bonds is 6. The van der Waals surface area contributed by atoms with Crippen molar-refractivity contribution in [3.8, 4) is 12.3 Å². The quantitative estimate of drug-likeness (QED) is 0.790. The van der Waals surface area contributed by atoms with E-state index in [9.17, 15) is 5.11 Å². The van der Waals surface area contributed by atoms with Crippen LogP contribution in [0.4, 0.5) is 0 Å². The van der Waals surface area contributed by atoms with Crippen molar-refractivity contribution in [1.82, 2.24) is 0 Å². The smallest absolute Gasteiger partial charge is 0.125 e. The van der Waals surface area contributed by atoms with Crippen molar-refractivity contribution in [1.29, 1.82) is 0 Å². The molecule has 0 atom stereocenters. The van der Waals surface area contributed by atoms with E-state index in [0.29, 0.717) is 12.8 Å². The highest BCUT2D eigenvalue weighted by molar-refractivity contribution is 5.19. The third kappa shape index (κ3) is 4.26. The van der Waals surface area contributed by atoms with Crippen LogP contribution in [-0.2, 0) is 12.8 Å². The first-order valence-corrected chi connectivity index (χ1v) is 7.00. The normalized spacial score (nSPS) is 11.0. The van der Waals surface area contributed by atoms with Crippen LogP contribution in [-0.4, -0.2) is 10.7 Å². The van der Waals surface area contributed by atoms with E-state index in [1.807, 2.05) is 36.4 Å². The summed E-state index contributed by atoms with van der Waals surface area (Å²) in [5.41, 5.74) is 1.40. The average Bonchev–Trinajstić information content (AvgIpc) is 2.53. The largest absolute Gasteiger partial charge is 0.378 e. The molecule has 0 heterocycles. The van der Waals surface area contributed by atoms with Crippen molar-refractivity contribution in [2.75, 3.05) is 0 Å². The molecule has 0 fully saturated rings. The minimum absolute atomic E-state index is 0.598. The van der Waals surface area contributed by atoms with Crippen LogP contribution in [0.25, 0.3) is 0 Å². The summed E-state index contributed by atoms with van der Waals surface area (Å²) >= 11 is 0. The molecule has 2 rings (SSSR count). The van der Waals surface area contributed by atoms with Crippen LogP contribution in [0, 0.1) is 12.3 Å². The Bertz CT molecular complexity index is 508. The molecule has 1 nitrogen and oxygen atoms in total. The molecule has 0 spiro atoms. The summed E-state index contributed by atoms with van der Waals surface area (Å²) in [6.45, 7) is 0. The van der Waals surface area contributed by atoms with Gasteiger partial charge in [-0.15, -0.1) is 6.42 Å². The van der Waals surface area contributed by atoms with Gasteiger partial charge in [-0.1, -0.05) is 66.6 Å². The van der Waals surface area contributed by atoms with Crippen LogP contribution in [0.1, 0.15) is 24.0 Å². The summed E-state index contributed by atoms with van der Waals surface area (Å²) < 4.78 is 0. The Balaban J connectivity index is 1.91. The first-order chi connectivity index (χ1) is 9.72. The van der Waals surface area contributed by atoms with Gasteiger partial charge in [0.15, 0.2) is 0 Å². The first kappa shape index (κ1) is 14.4. The Morgan fingerprint density at radius 2 is 1.20 bits per heavy atom. The number of hydrogen-bond donors (Lipinski definition) is 1. The fourth-order valence-electron chi connectivity index (χ4n) is 2.26. The molecule has 20 heavy (non-hydrogen) atoms. The SMILES string of the molecule is C#CC(O)(CCc1ccccc1)CCc1ccccc1. The van der Waals surface area contributed by atoms with Gasteiger partial charge < -0.3 is 5.11 Å². The lowest BCUT2D eigenvalue weighted by Gasteiger charge is -2.22. The minimum atomic E-state index is -1.02. The summed E-state index contributed by atoms with van der Waals surface area (Å²) in [6, 6.07) is 20.3. The first-order valence-electron chi connectivity index (χ1n) is 7.00. The van der Waals surface area contributed by atoms with Crippen LogP contribution >= 0.6 is 0 Å². The summed E-state index contributed by atoms with van der Waals surface area (Å²) in [5.74, 6) is 2.57. The molecule has 0 amide bonds. The Morgan fingerprint density at radius 1 is 0.800 bits per heavy atom. The third-order valence-electron chi connectivity index (χ3n) is 3.61. The molecule has 0 aliphatic heterocycles. The summed E-state index contributed by atoms with van der Waals surface area (Å²) in [6.07, 6.45) is 8.33. The average molecular weight is 264 g/mol. The molecule has 1 heteroatoms. The maximum atomic E-state index is 10.5. The molecule has 0 aromatic heterocycles. The van der Waals surface area contributed by atoms with E-state index in [1.54, 1.807) is 0 Å². The minimum Gasteiger partial charge on any atom is -0.378 e. The van der Waals surface area contributed by atoms with Crippen LogP contribution in [0.5, 0.6) is 0 Å². The van der Waals surface area contributed by atoms with E-state index >= 15 is 0 Å². The zero-order valence-corrected chi connectivity index (χ0v) is 11.6. The van der Waals surface area contributed by atoms with Crippen LogP contribution in [0.2, 0.25) is 0 Å². The lowest BCUT2D eigenvalue weighted by molar-refractivity contribution is 0.0831. The number of aliphatic hydroxyl groups is 1. The van der Waals surface area contributed by atoms with Crippen LogP contribution in [0.3, 0.4) is 0 Å². The Labute approximate surface area is 121 Å². The molecule has 0 radical (unpaired) electrons. The molecule has 0 saturated carbocycles. The zero-order chi connectivity index (χ0) is 14.3. The third-order valence-corrected chi connectivity index (χ3v) is 3.61. The van der Waals surface area contributed by atoms with Gasteiger partial charge in [0.05, 0.1) is 0 Å². The second-order valence-corrected chi connectivity index (χ2v) is 5.15. The maximum absolute atomic E-state index is 10.5. The number of benzene rings is 2. The second-order valence-electron chi connectivity index (χ2n) is 5.15. The van der Waals surface area contributed by atoms with E-state index in [-0.39, 0.29) is 0 Å². The molecular weight excluding hydrogens is 244 g/mol. The van der Waals surface area contributed by atoms with E-state index < -0.39 is 5.60 Å². The molecule has 0 aliphatic rings. The Hall–Kier alpha value is -2.04. The van der Waals surface area contributed by atoms with E-state index in [1.165, 1.54) is 11.1 Å². The van der Waals surface area contributed by atoms with Gasteiger partial charge in [0.25, 0.3) is 0 Å². The Kier molecular flexibility index (Phi) is 4.98. The van der Waals surface area contributed by atoms with Crippen molar-refractivity contribution in [3.63, 3.8) is 0 Å². The lowest BCUT2D eigenvalue weighted by Crippen LogP contribution is -2.28. The van der Waals surface area contributed by atoms with Crippen molar-refractivity contribution in [2.45, 2.75) is 31.3 Å². The van der Waals surface area contributed by atoms with E-state index in [0.717, 1.165) is 12.8 Å². The van der Waals surface area contributed by atoms with Gasteiger partial charge in [-0.25, -0.2) is 0 Å². The van der Waals surface area contributed by atoms with Gasteiger partial charge in [0.1, 0.15) is 5.60 Å². The molecule has 0 unspecified atom stereocenters. The van der Waals surface area contributed by atoms with Gasteiger partial charge in [-0.3, -0.25) is 0 Å². The molecule has 102 valence electrons. The molecule has 2 aromatic carbocycles. The van der Waals surface area contributed by atoms with Crippen molar-refractivity contribution in [2.24, 2.45) is 0 Å². The fraction of sp³-hybridized carbons (Fsp3) is 0.263.